The van der Waals surface area contributed by atoms with Gasteiger partial charge < -0.3 is 14.2 Å². The molecule has 6 heteroatoms. The molecule has 0 aliphatic carbocycles. The van der Waals surface area contributed by atoms with Gasteiger partial charge in [0.05, 0.1) is 11.8 Å². The summed E-state index contributed by atoms with van der Waals surface area (Å²) in [6.07, 6.45) is 56.0. The summed E-state index contributed by atoms with van der Waals surface area (Å²) in [4.78, 5) is 40.7. The van der Waals surface area contributed by atoms with Gasteiger partial charge in [0.2, 0.25) is 0 Å². The smallest absolute Gasteiger partial charge is 0.388 e. The van der Waals surface area contributed by atoms with E-state index in [2.05, 4.69) is 27.7 Å². The molecule has 0 radical (unpaired) electrons. The number of rotatable bonds is 52. The van der Waals surface area contributed by atoms with Crippen molar-refractivity contribution in [2.45, 2.75) is 356 Å². The van der Waals surface area contributed by atoms with E-state index in [1.165, 1.54) is 231 Å². The van der Waals surface area contributed by atoms with E-state index < -0.39 is 29.3 Å². The molecule has 6 nitrogen and oxygen atoms in total. The molecule has 0 saturated carbocycles. The fourth-order valence-corrected chi connectivity index (χ4v) is 9.31. The van der Waals surface area contributed by atoms with E-state index in [1.54, 1.807) is 6.92 Å². The molecule has 0 bridgehead atoms. The van der Waals surface area contributed by atoms with Crippen LogP contribution in [0.5, 0.6) is 0 Å². The van der Waals surface area contributed by atoms with Gasteiger partial charge in [-0.25, -0.2) is 0 Å². The molecule has 0 aromatic rings. The van der Waals surface area contributed by atoms with Crippen molar-refractivity contribution in [3.05, 3.63) is 0 Å². The summed E-state index contributed by atoms with van der Waals surface area (Å²) >= 11 is 0. The zero-order chi connectivity index (χ0) is 48.7. The SMILES string of the molecule is CCCCCCCCCCCCCCCCCC(=O)OC(CC)(OC(=O)CCCCCCCCCCCCCCCCC)OC(=O)C(C)(C)C(C)CCCCCCCCCCCCCCC. The highest BCUT2D eigenvalue weighted by Gasteiger charge is 2.46. The largest absolute Gasteiger partial charge is 0.423 e. The quantitative estimate of drug-likeness (QED) is 0.0343. The molecule has 66 heavy (non-hydrogen) atoms. The summed E-state index contributed by atoms with van der Waals surface area (Å²) < 4.78 is 17.9. The number of esters is 3. The van der Waals surface area contributed by atoms with Gasteiger partial charge in [-0.05, 0) is 39.0 Å². The Morgan fingerprint density at radius 2 is 0.561 bits per heavy atom. The minimum atomic E-state index is -2.04. The highest BCUT2D eigenvalue weighted by molar-refractivity contribution is 5.78. The van der Waals surface area contributed by atoms with Crippen LogP contribution < -0.4 is 0 Å². The predicted octanol–water partition coefficient (Wildman–Crippen LogP) is 20.3. The first-order valence-electron chi connectivity index (χ1n) is 29.8. The van der Waals surface area contributed by atoms with Crippen molar-refractivity contribution in [2.75, 3.05) is 0 Å². The molecule has 392 valence electrons. The minimum absolute atomic E-state index is 0.0528. The van der Waals surface area contributed by atoms with E-state index >= 15 is 0 Å². The van der Waals surface area contributed by atoms with Crippen LogP contribution in [0.4, 0.5) is 0 Å². The standard InChI is InChI=1S/C60H116O6/c1-8-12-15-18-21-24-27-30-32-35-38-41-44-47-50-53-56(61)64-60(11-4,65-57(62)54-51-48-45-42-39-36-33-31-28-25-22-19-16-13-9-2)66-58(63)59(6,7)55(5)52-49-46-43-40-37-34-29-26-23-20-17-14-10-3/h55H,8-54H2,1-7H3. The molecule has 1 unspecified atom stereocenters. The lowest BCUT2D eigenvalue weighted by Gasteiger charge is -2.36. The monoisotopic (exact) mass is 933 g/mol. The highest BCUT2D eigenvalue weighted by atomic mass is 16.9. The lowest BCUT2D eigenvalue weighted by Crippen LogP contribution is -2.47. The van der Waals surface area contributed by atoms with E-state index in [-0.39, 0.29) is 25.2 Å². The van der Waals surface area contributed by atoms with Gasteiger partial charge >= 0.3 is 23.9 Å². The van der Waals surface area contributed by atoms with Crippen LogP contribution in [0.25, 0.3) is 0 Å². The predicted molar refractivity (Wildman–Crippen MR) is 284 cm³/mol. The third-order valence-electron chi connectivity index (χ3n) is 14.7. The zero-order valence-electron chi connectivity index (χ0n) is 45.8. The number of hydrogen-bond acceptors (Lipinski definition) is 6. The van der Waals surface area contributed by atoms with Crippen molar-refractivity contribution in [1.82, 2.24) is 0 Å². The van der Waals surface area contributed by atoms with Crippen molar-refractivity contribution in [2.24, 2.45) is 11.3 Å². The number of carbonyl (C=O) groups excluding carboxylic acids is 3. The van der Waals surface area contributed by atoms with Crippen molar-refractivity contribution in [1.29, 1.82) is 0 Å². The maximum absolute atomic E-state index is 14.0. The van der Waals surface area contributed by atoms with E-state index in [9.17, 15) is 14.4 Å². The Hall–Kier alpha value is -1.59. The molecule has 0 fully saturated rings. The number of hydrogen-bond donors (Lipinski definition) is 0. The first-order valence-corrected chi connectivity index (χ1v) is 29.8. The van der Waals surface area contributed by atoms with Crippen LogP contribution in [0.15, 0.2) is 0 Å². The van der Waals surface area contributed by atoms with Gasteiger partial charge in [-0.15, -0.1) is 0 Å². The molecule has 0 N–H and O–H groups in total. The topological polar surface area (TPSA) is 78.9 Å². The summed E-state index contributed by atoms with van der Waals surface area (Å²) in [6, 6.07) is 0. The second kappa shape index (κ2) is 47.1. The van der Waals surface area contributed by atoms with Crippen molar-refractivity contribution < 1.29 is 28.6 Å². The Labute approximate surface area is 412 Å². The average Bonchev–Trinajstić information content (AvgIpc) is 3.30. The molecular formula is C60H116O6. The van der Waals surface area contributed by atoms with Crippen LogP contribution in [-0.4, -0.2) is 23.9 Å². The fraction of sp³-hybridized carbons (Fsp3) is 0.950. The average molecular weight is 934 g/mol. The summed E-state index contributed by atoms with van der Waals surface area (Å²) in [6.45, 7) is 14.5. The van der Waals surface area contributed by atoms with Gasteiger partial charge in [0.1, 0.15) is 0 Å². The third-order valence-corrected chi connectivity index (χ3v) is 14.7. The molecule has 0 aliphatic heterocycles. The molecule has 0 aromatic heterocycles. The van der Waals surface area contributed by atoms with Crippen LogP contribution >= 0.6 is 0 Å². The first kappa shape index (κ1) is 64.4. The number of unbranched alkanes of at least 4 members (excludes halogenated alkanes) is 40. The van der Waals surface area contributed by atoms with E-state index in [0.29, 0.717) is 12.8 Å². The Kier molecular flexibility index (Phi) is 46.0. The minimum Gasteiger partial charge on any atom is -0.388 e. The molecule has 0 spiro atoms. The van der Waals surface area contributed by atoms with Gasteiger partial charge in [-0.2, -0.15) is 0 Å². The molecule has 1 atom stereocenters. The number of ether oxygens (including phenoxy) is 3. The summed E-state index contributed by atoms with van der Waals surface area (Å²) in [5.41, 5.74) is -0.834. The van der Waals surface area contributed by atoms with Crippen LogP contribution in [0, 0.1) is 11.3 Å². The second-order valence-corrected chi connectivity index (χ2v) is 21.4. The Morgan fingerprint density at radius 3 is 0.803 bits per heavy atom. The summed E-state index contributed by atoms with van der Waals surface area (Å²) in [5.74, 6) is -3.41. The zero-order valence-corrected chi connectivity index (χ0v) is 45.8. The lowest BCUT2D eigenvalue weighted by atomic mass is 9.77. The van der Waals surface area contributed by atoms with Gasteiger partial charge in [-0.3, -0.25) is 14.4 Å². The van der Waals surface area contributed by atoms with Crippen LogP contribution in [-0.2, 0) is 28.6 Å². The van der Waals surface area contributed by atoms with Crippen molar-refractivity contribution in [3.63, 3.8) is 0 Å². The van der Waals surface area contributed by atoms with Crippen LogP contribution in [0.1, 0.15) is 350 Å². The van der Waals surface area contributed by atoms with Gasteiger partial charge in [0.25, 0.3) is 0 Å². The molecule has 0 amide bonds. The van der Waals surface area contributed by atoms with Crippen molar-refractivity contribution >= 4 is 17.9 Å². The van der Waals surface area contributed by atoms with E-state index in [0.717, 1.165) is 38.5 Å². The molecular weight excluding hydrogens is 817 g/mol. The Morgan fingerprint density at radius 1 is 0.333 bits per heavy atom. The molecule has 0 rings (SSSR count). The Balaban J connectivity index is 4.91. The third kappa shape index (κ3) is 39.3. The van der Waals surface area contributed by atoms with E-state index in [4.69, 9.17) is 14.2 Å². The van der Waals surface area contributed by atoms with Crippen LogP contribution in [0.3, 0.4) is 0 Å². The lowest BCUT2D eigenvalue weighted by molar-refractivity contribution is -0.334. The van der Waals surface area contributed by atoms with Gasteiger partial charge in [-0.1, -0.05) is 298 Å². The highest BCUT2D eigenvalue weighted by Crippen LogP contribution is 2.36. The van der Waals surface area contributed by atoms with Gasteiger partial charge in [0.15, 0.2) is 0 Å². The molecule has 0 saturated heterocycles. The van der Waals surface area contributed by atoms with Gasteiger partial charge in [0, 0.05) is 12.8 Å². The maximum atomic E-state index is 14.0. The fourth-order valence-electron chi connectivity index (χ4n) is 9.31. The number of carbonyl (C=O) groups is 3. The molecule has 0 aromatic carbocycles. The molecule has 0 heterocycles. The summed E-state index contributed by atoms with van der Waals surface area (Å²) in [7, 11) is 0. The Bertz CT molecular complexity index is 1020. The van der Waals surface area contributed by atoms with Crippen molar-refractivity contribution in [3.8, 4) is 0 Å². The first-order chi connectivity index (χ1) is 32.1. The van der Waals surface area contributed by atoms with E-state index in [1.807, 2.05) is 13.8 Å². The normalized spacial score (nSPS) is 12.4. The second-order valence-electron chi connectivity index (χ2n) is 21.4. The molecule has 0 aliphatic rings. The summed E-state index contributed by atoms with van der Waals surface area (Å²) in [5, 5.41) is 0. The van der Waals surface area contributed by atoms with Crippen LogP contribution in [0.2, 0.25) is 0 Å². The maximum Gasteiger partial charge on any atom is 0.423 e.